The highest BCUT2D eigenvalue weighted by Gasteiger charge is 2.27. The molecular weight excluding hydrogens is 280 g/mol. The average Bonchev–Trinajstić information content (AvgIpc) is 2.29. The molecule has 0 saturated carbocycles. The largest absolute Gasteiger partial charge is 0.348 e. The smallest absolute Gasteiger partial charge is 0.240 e. The molecule has 94 valence electrons. The van der Waals surface area contributed by atoms with Crippen LogP contribution >= 0.6 is 15.9 Å². The minimum atomic E-state index is -0.810. The zero-order valence-electron chi connectivity index (χ0n) is 10.5. The highest BCUT2D eigenvalue weighted by molar-refractivity contribution is 9.10. The van der Waals surface area contributed by atoms with Crippen LogP contribution in [0.2, 0.25) is 0 Å². The van der Waals surface area contributed by atoms with Crippen LogP contribution in [0.15, 0.2) is 28.7 Å². The number of benzene rings is 1. The summed E-state index contributed by atoms with van der Waals surface area (Å²) < 4.78 is 0.989. The molecule has 2 atom stereocenters. The van der Waals surface area contributed by atoms with Crippen molar-refractivity contribution in [3.05, 3.63) is 34.3 Å². The lowest BCUT2D eigenvalue weighted by Gasteiger charge is -2.25. The van der Waals surface area contributed by atoms with Gasteiger partial charge >= 0.3 is 0 Å². The number of rotatable bonds is 4. The standard InChI is InChI=1S/C13H19BrN2O/c1-4-13(3,15)12(17)16-9(2)10-7-5-6-8-11(10)14/h5-9H,4,15H2,1-3H3,(H,16,17)/t9-,13?/m0/s1. The van der Waals surface area contributed by atoms with Gasteiger partial charge in [-0.2, -0.15) is 0 Å². The number of nitrogens with two attached hydrogens (primary N) is 1. The van der Waals surface area contributed by atoms with Crippen LogP contribution in [-0.2, 0) is 4.79 Å². The molecule has 3 N–H and O–H groups in total. The Morgan fingerprint density at radius 2 is 2.12 bits per heavy atom. The van der Waals surface area contributed by atoms with E-state index < -0.39 is 5.54 Å². The van der Waals surface area contributed by atoms with Gasteiger partial charge in [0.15, 0.2) is 0 Å². The lowest BCUT2D eigenvalue weighted by molar-refractivity contribution is -0.126. The average molecular weight is 299 g/mol. The second kappa shape index (κ2) is 5.65. The summed E-state index contributed by atoms with van der Waals surface area (Å²) in [6.07, 6.45) is 0.613. The molecule has 0 aromatic heterocycles. The molecule has 0 aliphatic carbocycles. The fourth-order valence-electron chi connectivity index (χ4n) is 1.43. The molecule has 0 radical (unpaired) electrons. The minimum absolute atomic E-state index is 0.0625. The van der Waals surface area contributed by atoms with Gasteiger partial charge < -0.3 is 11.1 Å². The molecule has 3 nitrogen and oxygen atoms in total. The fourth-order valence-corrected chi connectivity index (χ4v) is 2.05. The maximum atomic E-state index is 11.9. The molecule has 17 heavy (non-hydrogen) atoms. The van der Waals surface area contributed by atoms with Gasteiger partial charge in [-0.25, -0.2) is 0 Å². The van der Waals surface area contributed by atoms with E-state index in [4.69, 9.17) is 5.73 Å². The molecule has 1 rings (SSSR count). The quantitative estimate of drug-likeness (QED) is 0.898. The number of carbonyl (C=O) groups excluding carboxylic acids is 1. The number of carbonyl (C=O) groups is 1. The third-order valence-corrected chi connectivity index (χ3v) is 3.69. The first-order valence-electron chi connectivity index (χ1n) is 5.72. The summed E-state index contributed by atoms with van der Waals surface area (Å²) in [5.74, 6) is -0.122. The molecule has 0 spiro atoms. The maximum absolute atomic E-state index is 11.9. The van der Waals surface area contributed by atoms with Crippen molar-refractivity contribution in [3.8, 4) is 0 Å². The number of hydrogen-bond acceptors (Lipinski definition) is 2. The maximum Gasteiger partial charge on any atom is 0.240 e. The van der Waals surface area contributed by atoms with Gasteiger partial charge in [-0.05, 0) is 31.9 Å². The summed E-state index contributed by atoms with van der Waals surface area (Å²) in [6.45, 7) is 5.60. The van der Waals surface area contributed by atoms with E-state index in [1.807, 2.05) is 38.1 Å². The van der Waals surface area contributed by atoms with Gasteiger partial charge in [0.25, 0.3) is 0 Å². The SMILES string of the molecule is CCC(C)(N)C(=O)N[C@@H](C)c1ccccc1Br. The highest BCUT2D eigenvalue weighted by Crippen LogP contribution is 2.23. The van der Waals surface area contributed by atoms with Crippen LogP contribution in [0.4, 0.5) is 0 Å². The van der Waals surface area contributed by atoms with E-state index in [0.29, 0.717) is 6.42 Å². The van der Waals surface area contributed by atoms with Gasteiger partial charge in [0, 0.05) is 4.47 Å². The van der Waals surface area contributed by atoms with Crippen molar-refractivity contribution in [3.63, 3.8) is 0 Å². The van der Waals surface area contributed by atoms with Gasteiger partial charge in [0.05, 0.1) is 11.6 Å². The van der Waals surface area contributed by atoms with Crippen LogP contribution < -0.4 is 11.1 Å². The van der Waals surface area contributed by atoms with E-state index in [-0.39, 0.29) is 11.9 Å². The van der Waals surface area contributed by atoms with Crippen LogP contribution in [0.25, 0.3) is 0 Å². The van der Waals surface area contributed by atoms with Crippen molar-refractivity contribution < 1.29 is 4.79 Å². The van der Waals surface area contributed by atoms with E-state index in [1.54, 1.807) is 6.92 Å². The molecule has 1 aromatic carbocycles. The van der Waals surface area contributed by atoms with Crippen molar-refractivity contribution in [2.24, 2.45) is 5.73 Å². The molecule has 0 heterocycles. The Morgan fingerprint density at radius 1 is 1.53 bits per heavy atom. The van der Waals surface area contributed by atoms with E-state index in [0.717, 1.165) is 10.0 Å². The first-order valence-corrected chi connectivity index (χ1v) is 6.52. The van der Waals surface area contributed by atoms with Crippen LogP contribution in [0.5, 0.6) is 0 Å². The summed E-state index contributed by atoms with van der Waals surface area (Å²) in [6, 6.07) is 7.77. The third kappa shape index (κ3) is 3.54. The minimum Gasteiger partial charge on any atom is -0.348 e. The predicted molar refractivity (Wildman–Crippen MR) is 73.6 cm³/mol. The summed E-state index contributed by atoms with van der Waals surface area (Å²) >= 11 is 3.47. The van der Waals surface area contributed by atoms with Gasteiger partial charge in [0.1, 0.15) is 0 Å². The third-order valence-electron chi connectivity index (χ3n) is 2.97. The first kappa shape index (κ1) is 14.2. The summed E-state index contributed by atoms with van der Waals surface area (Å²) in [7, 11) is 0. The van der Waals surface area contributed by atoms with Crippen molar-refractivity contribution in [2.45, 2.75) is 38.8 Å². The van der Waals surface area contributed by atoms with Gasteiger partial charge in [-0.15, -0.1) is 0 Å². The van der Waals surface area contributed by atoms with Gasteiger partial charge in [-0.1, -0.05) is 41.1 Å². The first-order chi connectivity index (χ1) is 7.88. The Morgan fingerprint density at radius 3 is 2.65 bits per heavy atom. The Hall–Kier alpha value is -0.870. The Bertz CT molecular complexity index is 404. The predicted octanol–water partition coefficient (Wildman–Crippen LogP) is 2.75. The highest BCUT2D eigenvalue weighted by atomic mass is 79.9. The Kier molecular flexibility index (Phi) is 4.71. The Labute approximate surface area is 111 Å². The second-order valence-electron chi connectivity index (χ2n) is 4.49. The molecule has 0 aliphatic heterocycles. The lowest BCUT2D eigenvalue weighted by Crippen LogP contribution is -2.51. The van der Waals surface area contributed by atoms with Crippen LogP contribution in [0.3, 0.4) is 0 Å². The number of amides is 1. The van der Waals surface area contributed by atoms with Gasteiger partial charge in [-0.3, -0.25) is 4.79 Å². The van der Waals surface area contributed by atoms with Crippen LogP contribution in [0, 0.1) is 0 Å². The molecule has 0 saturated heterocycles. The zero-order chi connectivity index (χ0) is 13.1. The van der Waals surface area contributed by atoms with E-state index in [2.05, 4.69) is 21.2 Å². The molecule has 0 fully saturated rings. The molecular formula is C13H19BrN2O. The molecule has 1 unspecified atom stereocenters. The number of halogens is 1. The summed E-state index contributed by atoms with van der Waals surface area (Å²) in [5.41, 5.74) is 6.14. The van der Waals surface area contributed by atoms with Crippen LogP contribution in [0.1, 0.15) is 38.8 Å². The van der Waals surface area contributed by atoms with Crippen molar-refractivity contribution in [1.29, 1.82) is 0 Å². The van der Waals surface area contributed by atoms with E-state index >= 15 is 0 Å². The number of hydrogen-bond donors (Lipinski definition) is 2. The van der Waals surface area contributed by atoms with Crippen molar-refractivity contribution >= 4 is 21.8 Å². The lowest BCUT2D eigenvalue weighted by atomic mass is 9.98. The van der Waals surface area contributed by atoms with Crippen LogP contribution in [-0.4, -0.2) is 11.4 Å². The van der Waals surface area contributed by atoms with E-state index in [9.17, 15) is 4.79 Å². The second-order valence-corrected chi connectivity index (χ2v) is 5.34. The monoisotopic (exact) mass is 298 g/mol. The summed E-state index contributed by atoms with van der Waals surface area (Å²) in [4.78, 5) is 11.9. The Balaban J connectivity index is 2.77. The fraction of sp³-hybridized carbons (Fsp3) is 0.462. The zero-order valence-corrected chi connectivity index (χ0v) is 12.0. The molecule has 1 amide bonds. The molecule has 1 aromatic rings. The number of nitrogens with one attached hydrogen (secondary N) is 1. The summed E-state index contributed by atoms with van der Waals surface area (Å²) in [5, 5.41) is 2.93. The van der Waals surface area contributed by atoms with Gasteiger partial charge in [0.2, 0.25) is 5.91 Å². The van der Waals surface area contributed by atoms with Crippen molar-refractivity contribution in [1.82, 2.24) is 5.32 Å². The van der Waals surface area contributed by atoms with E-state index in [1.165, 1.54) is 0 Å². The molecule has 0 aliphatic rings. The molecule has 4 heteroatoms. The topological polar surface area (TPSA) is 55.1 Å². The normalized spacial score (nSPS) is 16.1. The molecule has 0 bridgehead atoms. The van der Waals surface area contributed by atoms with Crippen molar-refractivity contribution in [2.75, 3.05) is 0 Å².